The molecule has 2 heterocycles. The zero-order valence-electron chi connectivity index (χ0n) is 14.6. The van der Waals surface area contributed by atoms with E-state index in [0.29, 0.717) is 16.4 Å². The van der Waals surface area contributed by atoms with Gasteiger partial charge in [-0.15, -0.1) is 0 Å². The second-order valence-corrected chi connectivity index (χ2v) is 7.36. The molecule has 0 saturated heterocycles. The zero-order valence-corrected chi connectivity index (χ0v) is 16.8. The maximum atomic E-state index is 12.2. The van der Waals surface area contributed by atoms with Crippen molar-refractivity contribution in [2.45, 2.75) is 13.0 Å². The molecule has 0 fully saturated rings. The van der Waals surface area contributed by atoms with Crippen molar-refractivity contribution >= 4 is 40.5 Å². The Labute approximate surface area is 175 Å². The molecule has 0 spiro atoms. The fraction of sp³-hybridized carbons (Fsp3) is 0.158. The molecule has 0 amide bonds. The number of aromatic nitrogens is 2. The first-order chi connectivity index (χ1) is 13.4. The van der Waals surface area contributed by atoms with E-state index in [9.17, 15) is 4.79 Å². The van der Waals surface area contributed by atoms with Crippen molar-refractivity contribution < 1.29 is 9.47 Å². The molecule has 144 valence electrons. The molecule has 9 heteroatoms. The van der Waals surface area contributed by atoms with E-state index in [4.69, 9.17) is 44.3 Å². The van der Waals surface area contributed by atoms with Gasteiger partial charge in [0.1, 0.15) is 5.02 Å². The number of halogens is 3. The van der Waals surface area contributed by atoms with Crippen molar-refractivity contribution in [2.24, 2.45) is 0 Å². The van der Waals surface area contributed by atoms with Crippen LogP contribution in [-0.2, 0) is 0 Å². The van der Waals surface area contributed by atoms with Gasteiger partial charge in [-0.2, -0.15) is 9.78 Å². The minimum Gasteiger partial charge on any atom is -0.454 e. The van der Waals surface area contributed by atoms with Crippen LogP contribution in [0.2, 0.25) is 15.1 Å². The summed E-state index contributed by atoms with van der Waals surface area (Å²) in [6, 6.07) is 10.9. The van der Waals surface area contributed by atoms with Crippen molar-refractivity contribution in [1.82, 2.24) is 9.78 Å². The second-order valence-electron chi connectivity index (χ2n) is 6.17. The van der Waals surface area contributed by atoms with E-state index in [1.165, 1.54) is 6.20 Å². The average molecular weight is 439 g/mol. The lowest BCUT2D eigenvalue weighted by Gasteiger charge is -2.18. The minimum atomic E-state index is -0.514. The first kappa shape index (κ1) is 18.9. The monoisotopic (exact) mass is 437 g/mol. The Morgan fingerprint density at radius 3 is 2.64 bits per heavy atom. The summed E-state index contributed by atoms with van der Waals surface area (Å²) in [5, 5.41) is 7.80. The van der Waals surface area contributed by atoms with Gasteiger partial charge in [-0.25, -0.2) is 0 Å². The fourth-order valence-electron chi connectivity index (χ4n) is 2.85. The highest BCUT2D eigenvalue weighted by Gasteiger charge is 2.17. The van der Waals surface area contributed by atoms with Crippen molar-refractivity contribution in [1.29, 1.82) is 0 Å². The van der Waals surface area contributed by atoms with Crippen LogP contribution in [0.15, 0.2) is 47.4 Å². The molecule has 0 radical (unpaired) electrons. The van der Waals surface area contributed by atoms with E-state index in [1.807, 2.05) is 25.1 Å². The largest absolute Gasteiger partial charge is 0.454 e. The molecule has 0 saturated carbocycles. The maximum absolute atomic E-state index is 12.2. The van der Waals surface area contributed by atoms with Gasteiger partial charge in [0.25, 0.3) is 5.56 Å². The number of benzene rings is 2. The van der Waals surface area contributed by atoms with E-state index < -0.39 is 5.56 Å². The molecular weight excluding hydrogens is 425 g/mol. The SMILES string of the molecule is CC(Nc1ccc(-n2ncc(Cl)c(Cl)c2=O)cc1Cl)c1ccc2c(c1)OCO2. The molecule has 2 aromatic carbocycles. The highest BCUT2D eigenvalue weighted by atomic mass is 35.5. The van der Waals surface area contributed by atoms with Crippen LogP contribution in [0.3, 0.4) is 0 Å². The molecule has 1 unspecified atom stereocenters. The maximum Gasteiger partial charge on any atom is 0.291 e. The van der Waals surface area contributed by atoms with Crippen LogP contribution in [0, 0.1) is 0 Å². The van der Waals surface area contributed by atoms with Crippen LogP contribution in [0.1, 0.15) is 18.5 Å². The van der Waals surface area contributed by atoms with Gasteiger partial charge < -0.3 is 14.8 Å². The van der Waals surface area contributed by atoms with E-state index >= 15 is 0 Å². The fourth-order valence-corrected chi connectivity index (χ4v) is 3.33. The number of rotatable bonds is 4. The summed E-state index contributed by atoms with van der Waals surface area (Å²) in [5.41, 5.74) is 1.70. The van der Waals surface area contributed by atoms with Gasteiger partial charge in [0.15, 0.2) is 11.5 Å². The van der Waals surface area contributed by atoms with Crippen molar-refractivity contribution in [3.05, 3.63) is 73.6 Å². The Morgan fingerprint density at radius 2 is 1.86 bits per heavy atom. The van der Waals surface area contributed by atoms with Crippen molar-refractivity contribution in [3.8, 4) is 17.2 Å². The Hall–Kier alpha value is -2.41. The molecule has 28 heavy (non-hydrogen) atoms. The summed E-state index contributed by atoms with van der Waals surface area (Å²) in [5.74, 6) is 1.45. The number of nitrogens with one attached hydrogen (secondary N) is 1. The summed E-state index contributed by atoms with van der Waals surface area (Å²) >= 11 is 18.1. The predicted octanol–water partition coefficient (Wildman–Crippen LogP) is 5.09. The van der Waals surface area contributed by atoms with Crippen LogP contribution < -0.4 is 20.3 Å². The molecule has 1 aliphatic rings. The lowest BCUT2D eigenvalue weighted by atomic mass is 10.1. The Bertz CT molecular complexity index is 1120. The number of anilines is 1. The minimum absolute atomic E-state index is 0.0383. The van der Waals surface area contributed by atoms with E-state index in [-0.39, 0.29) is 22.9 Å². The first-order valence-corrected chi connectivity index (χ1v) is 9.47. The molecule has 0 bridgehead atoms. The normalized spacial score (nSPS) is 13.4. The van der Waals surface area contributed by atoms with Crippen LogP contribution in [0.5, 0.6) is 11.5 Å². The van der Waals surface area contributed by atoms with Crippen LogP contribution in [-0.4, -0.2) is 16.6 Å². The van der Waals surface area contributed by atoms with Gasteiger partial charge in [0.05, 0.1) is 27.6 Å². The molecule has 0 aliphatic carbocycles. The van der Waals surface area contributed by atoms with E-state index in [1.54, 1.807) is 18.2 Å². The lowest BCUT2D eigenvalue weighted by molar-refractivity contribution is 0.174. The van der Waals surface area contributed by atoms with Crippen LogP contribution in [0.25, 0.3) is 5.69 Å². The molecule has 1 N–H and O–H groups in total. The van der Waals surface area contributed by atoms with Gasteiger partial charge in [0.2, 0.25) is 6.79 Å². The van der Waals surface area contributed by atoms with Gasteiger partial charge in [-0.1, -0.05) is 40.9 Å². The lowest BCUT2D eigenvalue weighted by Crippen LogP contribution is -2.21. The summed E-state index contributed by atoms with van der Waals surface area (Å²) in [4.78, 5) is 12.2. The highest BCUT2D eigenvalue weighted by molar-refractivity contribution is 6.41. The van der Waals surface area contributed by atoms with Crippen LogP contribution >= 0.6 is 34.8 Å². The summed E-state index contributed by atoms with van der Waals surface area (Å²) in [6.45, 7) is 2.24. The third-order valence-electron chi connectivity index (χ3n) is 4.34. The summed E-state index contributed by atoms with van der Waals surface area (Å²) in [7, 11) is 0. The quantitative estimate of drug-likeness (QED) is 0.614. The van der Waals surface area contributed by atoms with Gasteiger partial charge >= 0.3 is 0 Å². The number of nitrogens with zero attached hydrogens (tertiary/aromatic N) is 2. The van der Waals surface area contributed by atoms with Gasteiger partial charge in [0, 0.05) is 6.04 Å². The number of hydrogen-bond acceptors (Lipinski definition) is 5. The first-order valence-electron chi connectivity index (χ1n) is 8.33. The number of fused-ring (bicyclic) bond motifs is 1. The average Bonchev–Trinajstić information content (AvgIpc) is 3.15. The predicted molar refractivity (Wildman–Crippen MR) is 109 cm³/mol. The topological polar surface area (TPSA) is 65.4 Å². The van der Waals surface area contributed by atoms with E-state index in [2.05, 4.69) is 10.4 Å². The standard InChI is InChI=1S/C19H14Cl3N3O3/c1-10(11-2-5-16-17(6-11)28-9-27-16)24-15-4-3-12(7-13(15)20)25-19(26)18(22)14(21)8-23-25/h2-8,10,24H,9H2,1H3. The molecular formula is C19H14Cl3N3O3. The molecule has 6 nitrogen and oxygen atoms in total. The Balaban J connectivity index is 1.58. The third kappa shape index (κ3) is 3.51. The van der Waals surface area contributed by atoms with Crippen molar-refractivity contribution in [2.75, 3.05) is 12.1 Å². The Morgan fingerprint density at radius 1 is 1.07 bits per heavy atom. The van der Waals surface area contributed by atoms with E-state index in [0.717, 1.165) is 21.7 Å². The number of ether oxygens (including phenoxy) is 2. The van der Waals surface area contributed by atoms with Crippen molar-refractivity contribution in [3.63, 3.8) is 0 Å². The highest BCUT2D eigenvalue weighted by Crippen LogP contribution is 2.35. The smallest absolute Gasteiger partial charge is 0.291 e. The zero-order chi connectivity index (χ0) is 19.8. The molecule has 4 rings (SSSR count). The van der Waals surface area contributed by atoms with Gasteiger partial charge in [-0.3, -0.25) is 4.79 Å². The third-order valence-corrected chi connectivity index (χ3v) is 5.40. The molecule has 1 atom stereocenters. The number of hydrogen-bond donors (Lipinski definition) is 1. The van der Waals surface area contributed by atoms with Crippen LogP contribution in [0.4, 0.5) is 5.69 Å². The summed E-state index contributed by atoms with van der Waals surface area (Å²) in [6.07, 6.45) is 1.31. The molecule has 3 aromatic rings. The molecule has 1 aromatic heterocycles. The second kappa shape index (κ2) is 7.54. The van der Waals surface area contributed by atoms with Gasteiger partial charge in [-0.05, 0) is 42.8 Å². The summed E-state index contributed by atoms with van der Waals surface area (Å²) < 4.78 is 11.9. The molecule has 1 aliphatic heterocycles. The Kier molecular flexibility index (Phi) is 5.10.